The van der Waals surface area contributed by atoms with Crippen molar-refractivity contribution in [1.82, 2.24) is 5.32 Å². The van der Waals surface area contributed by atoms with E-state index in [1.807, 2.05) is 14.0 Å². The number of nitrogens with one attached hydrogen (secondary N) is 1. The van der Waals surface area contributed by atoms with Crippen LogP contribution >= 0.6 is 0 Å². The van der Waals surface area contributed by atoms with Crippen LogP contribution in [0.25, 0.3) is 0 Å². The van der Waals surface area contributed by atoms with Crippen molar-refractivity contribution in [3.05, 3.63) is 29.8 Å². The molecule has 0 saturated heterocycles. The molecule has 4 nitrogen and oxygen atoms in total. The Balaban J connectivity index is 2.49. The largest absolute Gasteiger partial charge is 0.395 e. The van der Waals surface area contributed by atoms with E-state index < -0.39 is 0 Å². The predicted octanol–water partition coefficient (Wildman–Crippen LogP) is 1.51. The lowest BCUT2D eigenvalue weighted by atomic mass is 10.2. The minimum absolute atomic E-state index is 0.114. The van der Waals surface area contributed by atoms with Gasteiger partial charge in [-0.15, -0.1) is 0 Å². The molecule has 1 atom stereocenters. The van der Waals surface area contributed by atoms with E-state index in [-0.39, 0.29) is 12.6 Å². The Kier molecular flexibility index (Phi) is 6.20. The van der Waals surface area contributed by atoms with Gasteiger partial charge in [0.05, 0.1) is 19.1 Å². The second-order valence-corrected chi connectivity index (χ2v) is 4.46. The lowest BCUT2D eigenvalue weighted by Gasteiger charge is -2.18. The number of hydrogen-bond donors (Lipinski definition) is 2. The van der Waals surface area contributed by atoms with Crippen LogP contribution in [0.2, 0.25) is 0 Å². The van der Waals surface area contributed by atoms with E-state index in [1.165, 1.54) is 5.56 Å². The molecule has 0 heterocycles. The monoisotopic (exact) mass is 247 g/mol. The molecule has 0 fully saturated rings. The van der Waals surface area contributed by atoms with Crippen molar-refractivity contribution in [1.29, 1.82) is 5.26 Å². The van der Waals surface area contributed by atoms with Crippen molar-refractivity contribution in [2.75, 3.05) is 25.1 Å². The SMILES string of the molecule is C[C@H](CO)NCc1ccc(N(C)CCC#N)cc1. The maximum absolute atomic E-state index is 8.92. The highest BCUT2D eigenvalue weighted by molar-refractivity contribution is 5.46. The highest BCUT2D eigenvalue weighted by Crippen LogP contribution is 2.14. The van der Waals surface area contributed by atoms with Crippen LogP contribution in [0.4, 0.5) is 5.69 Å². The van der Waals surface area contributed by atoms with Gasteiger partial charge in [0.2, 0.25) is 0 Å². The Bertz CT molecular complexity index is 383. The predicted molar refractivity (Wildman–Crippen MR) is 73.3 cm³/mol. The van der Waals surface area contributed by atoms with Gasteiger partial charge in [-0.25, -0.2) is 0 Å². The molecule has 0 radical (unpaired) electrons. The maximum atomic E-state index is 8.92. The van der Waals surface area contributed by atoms with Crippen molar-refractivity contribution >= 4 is 5.69 Å². The van der Waals surface area contributed by atoms with Crippen LogP contribution in [0.15, 0.2) is 24.3 Å². The molecule has 0 aliphatic carbocycles. The van der Waals surface area contributed by atoms with Gasteiger partial charge in [0.1, 0.15) is 0 Å². The highest BCUT2D eigenvalue weighted by atomic mass is 16.3. The Labute approximate surface area is 109 Å². The third kappa shape index (κ3) is 4.74. The van der Waals surface area contributed by atoms with Crippen LogP contribution < -0.4 is 10.2 Å². The van der Waals surface area contributed by atoms with Crippen molar-refractivity contribution < 1.29 is 5.11 Å². The molecule has 0 spiro atoms. The molecule has 0 aromatic heterocycles. The normalized spacial score (nSPS) is 11.9. The van der Waals surface area contributed by atoms with E-state index in [0.717, 1.165) is 18.8 Å². The number of nitriles is 1. The van der Waals surface area contributed by atoms with Crippen LogP contribution in [-0.4, -0.2) is 31.3 Å². The third-order valence-corrected chi connectivity index (χ3v) is 2.86. The van der Waals surface area contributed by atoms with Crippen LogP contribution in [0.3, 0.4) is 0 Å². The van der Waals surface area contributed by atoms with Gasteiger partial charge in [0.25, 0.3) is 0 Å². The third-order valence-electron chi connectivity index (χ3n) is 2.86. The summed E-state index contributed by atoms with van der Waals surface area (Å²) < 4.78 is 0. The fraction of sp³-hybridized carbons (Fsp3) is 0.500. The van der Waals surface area contributed by atoms with Gasteiger partial charge in [-0.3, -0.25) is 0 Å². The fourth-order valence-electron chi connectivity index (χ4n) is 1.57. The molecule has 0 unspecified atom stereocenters. The zero-order chi connectivity index (χ0) is 13.4. The molecule has 0 aliphatic heterocycles. The number of aliphatic hydroxyl groups is 1. The zero-order valence-corrected chi connectivity index (χ0v) is 11.1. The van der Waals surface area contributed by atoms with Gasteiger partial charge in [0, 0.05) is 31.9 Å². The van der Waals surface area contributed by atoms with Gasteiger partial charge in [-0.1, -0.05) is 12.1 Å². The van der Waals surface area contributed by atoms with Gasteiger partial charge < -0.3 is 15.3 Å². The van der Waals surface area contributed by atoms with Crippen molar-refractivity contribution in [2.24, 2.45) is 0 Å². The number of aliphatic hydroxyl groups excluding tert-OH is 1. The van der Waals surface area contributed by atoms with Gasteiger partial charge in [0.15, 0.2) is 0 Å². The summed E-state index contributed by atoms with van der Waals surface area (Å²) in [6.07, 6.45) is 0.536. The van der Waals surface area contributed by atoms with Crippen LogP contribution in [0, 0.1) is 11.3 Å². The van der Waals surface area contributed by atoms with Crippen molar-refractivity contribution in [2.45, 2.75) is 25.9 Å². The first-order valence-corrected chi connectivity index (χ1v) is 6.18. The molecule has 2 N–H and O–H groups in total. The number of hydrogen-bond acceptors (Lipinski definition) is 4. The second-order valence-electron chi connectivity index (χ2n) is 4.46. The van der Waals surface area contributed by atoms with Crippen LogP contribution in [-0.2, 0) is 6.54 Å². The molecule has 0 bridgehead atoms. The summed E-state index contributed by atoms with van der Waals surface area (Å²) in [7, 11) is 1.98. The second kappa shape index (κ2) is 7.70. The minimum atomic E-state index is 0.114. The number of anilines is 1. The molecule has 0 amide bonds. The molecule has 1 aromatic carbocycles. The standard InChI is InChI=1S/C14H21N3O/c1-12(11-18)16-10-13-4-6-14(7-5-13)17(2)9-3-8-15/h4-7,12,16,18H,3,9-11H2,1-2H3/t12-/m1/s1. The summed E-state index contributed by atoms with van der Waals surface area (Å²) >= 11 is 0. The number of rotatable bonds is 7. The van der Waals surface area contributed by atoms with E-state index in [4.69, 9.17) is 10.4 Å². The molecule has 1 aromatic rings. The topological polar surface area (TPSA) is 59.3 Å². The number of nitrogens with zero attached hydrogens (tertiary/aromatic N) is 2. The minimum Gasteiger partial charge on any atom is -0.395 e. The first-order chi connectivity index (χ1) is 8.67. The summed E-state index contributed by atoms with van der Waals surface area (Å²) in [4.78, 5) is 2.07. The summed E-state index contributed by atoms with van der Waals surface area (Å²) in [6, 6.07) is 10.5. The molecule has 0 aliphatic rings. The lowest BCUT2D eigenvalue weighted by molar-refractivity contribution is 0.251. The smallest absolute Gasteiger partial charge is 0.0640 e. The number of benzene rings is 1. The maximum Gasteiger partial charge on any atom is 0.0640 e. The van der Waals surface area contributed by atoms with Gasteiger partial charge in [-0.05, 0) is 24.6 Å². The van der Waals surface area contributed by atoms with E-state index in [9.17, 15) is 0 Å². The van der Waals surface area contributed by atoms with Crippen molar-refractivity contribution in [3.8, 4) is 6.07 Å². The Morgan fingerprint density at radius 3 is 2.61 bits per heavy atom. The molecule has 1 rings (SSSR count). The van der Waals surface area contributed by atoms with Gasteiger partial charge in [-0.2, -0.15) is 5.26 Å². The van der Waals surface area contributed by atoms with E-state index in [0.29, 0.717) is 6.42 Å². The Morgan fingerprint density at radius 2 is 2.06 bits per heavy atom. The molecular weight excluding hydrogens is 226 g/mol. The molecule has 0 saturated carbocycles. The quantitative estimate of drug-likeness (QED) is 0.766. The molecule has 98 valence electrons. The highest BCUT2D eigenvalue weighted by Gasteiger charge is 2.02. The molecule has 18 heavy (non-hydrogen) atoms. The average molecular weight is 247 g/mol. The van der Waals surface area contributed by atoms with Crippen molar-refractivity contribution in [3.63, 3.8) is 0 Å². The fourth-order valence-corrected chi connectivity index (χ4v) is 1.57. The van der Waals surface area contributed by atoms with Gasteiger partial charge >= 0.3 is 0 Å². The Hall–Kier alpha value is -1.57. The summed E-state index contributed by atoms with van der Waals surface area (Å²) in [5.74, 6) is 0. The van der Waals surface area contributed by atoms with Crippen LogP contribution in [0.5, 0.6) is 0 Å². The zero-order valence-electron chi connectivity index (χ0n) is 11.1. The summed E-state index contributed by atoms with van der Waals surface area (Å²) in [5, 5.41) is 20.7. The average Bonchev–Trinajstić information content (AvgIpc) is 2.42. The Morgan fingerprint density at radius 1 is 1.39 bits per heavy atom. The first-order valence-electron chi connectivity index (χ1n) is 6.18. The van der Waals surface area contributed by atoms with E-state index in [2.05, 4.69) is 40.6 Å². The summed E-state index contributed by atoms with van der Waals surface area (Å²) in [6.45, 7) is 3.60. The first kappa shape index (κ1) is 14.5. The lowest BCUT2D eigenvalue weighted by Crippen LogP contribution is -2.28. The summed E-state index contributed by atoms with van der Waals surface area (Å²) in [5.41, 5.74) is 2.30. The molecular formula is C14H21N3O. The van der Waals surface area contributed by atoms with E-state index in [1.54, 1.807) is 0 Å². The van der Waals surface area contributed by atoms with Crippen LogP contribution in [0.1, 0.15) is 18.9 Å². The molecule has 4 heteroatoms. The van der Waals surface area contributed by atoms with E-state index >= 15 is 0 Å².